The molecule has 4 heterocycles. The number of sulfonamides is 1. The van der Waals surface area contributed by atoms with Crippen LogP contribution in [0, 0.1) is 0 Å². The lowest BCUT2D eigenvalue weighted by Crippen LogP contribution is -2.42. The van der Waals surface area contributed by atoms with Gasteiger partial charge in [-0.3, -0.25) is 10.1 Å². The molecule has 4 aromatic rings. The number of aromatic nitrogens is 2. The number of fused-ring (bicyclic) bond motifs is 1. The molecule has 1 saturated heterocycles. The number of nitrogens with one attached hydrogen (secondary N) is 1. The molecule has 172 valence electrons. The number of carbonyl (C=O) groups excluding carboxylic acids is 1. The van der Waals surface area contributed by atoms with Crippen molar-refractivity contribution < 1.29 is 26.8 Å². The molecular weight excluding hydrogens is 492 g/mol. The van der Waals surface area contributed by atoms with E-state index in [0.717, 1.165) is 16.7 Å². The summed E-state index contributed by atoms with van der Waals surface area (Å²) in [6, 6.07) is 9.04. The summed E-state index contributed by atoms with van der Waals surface area (Å²) in [5.74, 6) is 0.372. The summed E-state index contributed by atoms with van der Waals surface area (Å²) < 4.78 is 44.2. The van der Waals surface area contributed by atoms with Crippen LogP contribution in [0.4, 0.5) is 6.01 Å². The monoisotopic (exact) mass is 508 g/mol. The van der Waals surface area contributed by atoms with E-state index in [1.54, 1.807) is 12.1 Å². The number of thiophene rings is 1. The first-order valence-corrected chi connectivity index (χ1v) is 12.5. The Bertz CT molecular complexity index is 1440. The van der Waals surface area contributed by atoms with Crippen molar-refractivity contribution in [2.24, 2.45) is 0 Å². The number of methoxy groups -OCH3 is 1. The van der Waals surface area contributed by atoms with E-state index in [9.17, 15) is 13.2 Å². The SMILES string of the molecule is COc1cccc2cc(-c3nnc(NC(=O)C4CCCN4S(=O)(=O)c4ccc(Cl)s4)o3)oc12. The average molecular weight is 509 g/mol. The molecule has 13 heteroatoms. The van der Waals surface area contributed by atoms with Crippen LogP contribution in [0.3, 0.4) is 0 Å². The molecule has 1 fully saturated rings. The van der Waals surface area contributed by atoms with Gasteiger partial charge in [0, 0.05) is 11.9 Å². The zero-order valence-corrected chi connectivity index (χ0v) is 19.5. The van der Waals surface area contributed by atoms with Crippen molar-refractivity contribution in [2.45, 2.75) is 23.1 Å². The maximum absolute atomic E-state index is 13.0. The molecule has 0 radical (unpaired) electrons. The van der Waals surface area contributed by atoms with Crippen molar-refractivity contribution in [3.05, 3.63) is 40.7 Å². The number of anilines is 1. The molecule has 10 nitrogen and oxygen atoms in total. The van der Waals surface area contributed by atoms with Gasteiger partial charge in [0.15, 0.2) is 17.1 Å². The predicted octanol–water partition coefficient (Wildman–Crippen LogP) is 4.00. The molecule has 1 atom stereocenters. The van der Waals surface area contributed by atoms with E-state index in [2.05, 4.69) is 15.5 Å². The number of hydrogen-bond acceptors (Lipinski definition) is 9. The molecule has 0 spiro atoms. The molecule has 0 saturated carbocycles. The maximum Gasteiger partial charge on any atom is 0.322 e. The minimum Gasteiger partial charge on any atom is -0.493 e. The average Bonchev–Trinajstić information content (AvgIpc) is 3.58. The van der Waals surface area contributed by atoms with Crippen molar-refractivity contribution in [1.82, 2.24) is 14.5 Å². The third-order valence-electron chi connectivity index (χ3n) is 5.21. The minimum absolute atomic E-state index is 0.0627. The van der Waals surface area contributed by atoms with E-state index >= 15 is 0 Å². The first-order valence-electron chi connectivity index (χ1n) is 9.85. The standard InChI is InChI=1S/C20H17ClN4O6S2/c1-29-13-6-2-4-11-10-14(30-17(11)13)19-23-24-20(31-19)22-18(26)12-5-3-9-25(12)33(27,28)16-8-7-15(21)32-16/h2,4,6-8,10,12H,3,5,9H2,1H3,(H,22,24,26). The van der Waals surface area contributed by atoms with Crippen LogP contribution < -0.4 is 10.1 Å². The summed E-state index contributed by atoms with van der Waals surface area (Å²) >= 11 is 6.84. The number of benzene rings is 1. The fraction of sp³-hybridized carbons (Fsp3) is 0.250. The van der Waals surface area contributed by atoms with Gasteiger partial charge in [-0.2, -0.15) is 4.31 Å². The van der Waals surface area contributed by atoms with Gasteiger partial charge in [0.2, 0.25) is 5.91 Å². The second-order valence-corrected chi connectivity index (χ2v) is 11.1. The normalized spacial score (nSPS) is 17.0. The first-order chi connectivity index (χ1) is 15.9. The molecule has 33 heavy (non-hydrogen) atoms. The smallest absolute Gasteiger partial charge is 0.322 e. The van der Waals surface area contributed by atoms with Gasteiger partial charge < -0.3 is 13.6 Å². The molecule has 3 aromatic heterocycles. The van der Waals surface area contributed by atoms with Gasteiger partial charge >= 0.3 is 6.01 Å². The Hall–Kier alpha value is -2.93. The lowest BCUT2D eigenvalue weighted by Gasteiger charge is -2.21. The summed E-state index contributed by atoms with van der Waals surface area (Å²) in [4.78, 5) is 12.9. The van der Waals surface area contributed by atoms with Crippen LogP contribution in [0.1, 0.15) is 12.8 Å². The van der Waals surface area contributed by atoms with Gasteiger partial charge in [-0.25, -0.2) is 8.42 Å². The molecule has 1 aliphatic heterocycles. The Labute approximate surface area is 197 Å². The zero-order chi connectivity index (χ0) is 23.2. The molecule has 0 aliphatic carbocycles. The quantitative estimate of drug-likeness (QED) is 0.414. The molecule has 1 aliphatic rings. The molecule has 1 unspecified atom stereocenters. The molecule has 1 aromatic carbocycles. The van der Waals surface area contributed by atoms with Gasteiger partial charge in [-0.15, -0.1) is 16.4 Å². The summed E-state index contributed by atoms with van der Waals surface area (Å²) in [6.07, 6.45) is 0.918. The van der Waals surface area contributed by atoms with Crippen LogP contribution in [0.25, 0.3) is 22.6 Å². The topological polar surface area (TPSA) is 128 Å². The zero-order valence-electron chi connectivity index (χ0n) is 17.1. The first kappa shape index (κ1) is 21.9. The van der Waals surface area contributed by atoms with Crippen LogP contribution in [-0.2, 0) is 14.8 Å². The second kappa shape index (κ2) is 8.45. The molecular formula is C20H17ClN4O6S2. The number of carbonyl (C=O) groups is 1. The van der Waals surface area contributed by atoms with Crippen LogP contribution in [0.5, 0.6) is 5.75 Å². The largest absolute Gasteiger partial charge is 0.493 e. The summed E-state index contributed by atoms with van der Waals surface area (Å²) in [5.41, 5.74) is 0.527. The predicted molar refractivity (Wildman–Crippen MR) is 121 cm³/mol. The number of hydrogen-bond donors (Lipinski definition) is 1. The van der Waals surface area contributed by atoms with E-state index in [0.29, 0.717) is 34.3 Å². The lowest BCUT2D eigenvalue weighted by molar-refractivity contribution is -0.119. The van der Waals surface area contributed by atoms with Crippen LogP contribution >= 0.6 is 22.9 Å². The van der Waals surface area contributed by atoms with Gasteiger partial charge in [-0.1, -0.05) is 28.8 Å². The van der Waals surface area contributed by atoms with Gasteiger partial charge in [-0.05, 0) is 37.1 Å². The van der Waals surface area contributed by atoms with Crippen LogP contribution in [0.15, 0.2) is 49.4 Å². The van der Waals surface area contributed by atoms with E-state index in [4.69, 9.17) is 25.2 Å². The highest BCUT2D eigenvalue weighted by molar-refractivity contribution is 7.91. The highest BCUT2D eigenvalue weighted by Gasteiger charge is 2.40. The summed E-state index contributed by atoms with van der Waals surface area (Å²) in [7, 11) is -2.31. The number of halogens is 1. The van der Waals surface area contributed by atoms with Crippen molar-refractivity contribution >= 4 is 55.9 Å². The number of amides is 1. The van der Waals surface area contributed by atoms with Crippen LogP contribution in [-0.4, -0.2) is 48.5 Å². The number of furan rings is 1. The Morgan fingerprint density at radius 2 is 2.12 bits per heavy atom. The molecule has 5 rings (SSSR count). The molecule has 1 N–H and O–H groups in total. The van der Waals surface area contributed by atoms with E-state index in [-0.39, 0.29) is 22.7 Å². The molecule has 1 amide bonds. The number of para-hydroxylation sites is 1. The van der Waals surface area contributed by atoms with Gasteiger partial charge in [0.05, 0.1) is 11.4 Å². The number of rotatable bonds is 6. The molecule has 0 bridgehead atoms. The van der Waals surface area contributed by atoms with E-state index in [1.807, 2.05) is 12.1 Å². The lowest BCUT2D eigenvalue weighted by atomic mass is 10.2. The highest BCUT2D eigenvalue weighted by Crippen LogP contribution is 2.34. The van der Waals surface area contributed by atoms with Gasteiger partial charge in [0.25, 0.3) is 15.9 Å². The fourth-order valence-corrected chi connectivity index (χ4v) is 6.97. The van der Waals surface area contributed by atoms with Gasteiger partial charge in [0.1, 0.15) is 10.3 Å². The number of nitrogens with zero attached hydrogens (tertiary/aromatic N) is 3. The van der Waals surface area contributed by atoms with E-state index in [1.165, 1.54) is 23.5 Å². The third kappa shape index (κ3) is 3.99. The third-order valence-corrected chi connectivity index (χ3v) is 8.82. The summed E-state index contributed by atoms with van der Waals surface area (Å²) in [6.45, 7) is 0.228. The van der Waals surface area contributed by atoms with Crippen LogP contribution in [0.2, 0.25) is 4.34 Å². The number of ether oxygens (including phenoxy) is 1. The Morgan fingerprint density at radius 1 is 1.27 bits per heavy atom. The second-order valence-electron chi connectivity index (χ2n) is 7.22. The Morgan fingerprint density at radius 3 is 2.88 bits per heavy atom. The minimum atomic E-state index is -3.85. The maximum atomic E-state index is 13.0. The Kier molecular flexibility index (Phi) is 5.60. The van der Waals surface area contributed by atoms with Crippen molar-refractivity contribution in [1.29, 1.82) is 0 Å². The fourth-order valence-electron chi connectivity index (χ4n) is 3.71. The highest BCUT2D eigenvalue weighted by atomic mass is 35.5. The van der Waals surface area contributed by atoms with Crippen molar-refractivity contribution in [2.75, 3.05) is 19.0 Å². The van der Waals surface area contributed by atoms with Crippen molar-refractivity contribution in [3.8, 4) is 17.4 Å². The summed E-state index contributed by atoms with van der Waals surface area (Å²) in [5, 5.41) is 11.1. The van der Waals surface area contributed by atoms with E-state index < -0.39 is 22.0 Å². The Balaban J connectivity index is 1.35. The van der Waals surface area contributed by atoms with Crippen molar-refractivity contribution in [3.63, 3.8) is 0 Å².